The summed E-state index contributed by atoms with van der Waals surface area (Å²) >= 11 is 0. The molecule has 1 aromatic rings. The van der Waals surface area contributed by atoms with Gasteiger partial charge in [0, 0.05) is 30.4 Å². The molecule has 0 heterocycles. The summed E-state index contributed by atoms with van der Waals surface area (Å²) < 4.78 is 5.46. The smallest absolute Gasteiger partial charge is 0.125 e. The Balaban J connectivity index is 2.33. The number of rotatable bonds is 6. The third-order valence-electron chi connectivity index (χ3n) is 3.62. The van der Waals surface area contributed by atoms with Crippen LogP contribution in [0.25, 0.3) is 0 Å². The zero-order valence-corrected chi connectivity index (χ0v) is 11.6. The molecule has 1 atom stereocenters. The van der Waals surface area contributed by atoms with Crippen LogP contribution < -0.4 is 15.4 Å². The number of nitrogens with zero attached hydrogens (tertiary/aromatic N) is 1. The monoisotopic (exact) mass is 248 g/mol. The fourth-order valence-corrected chi connectivity index (χ4v) is 2.45. The van der Waals surface area contributed by atoms with Crippen LogP contribution >= 0.6 is 0 Å². The molecule has 18 heavy (non-hydrogen) atoms. The Bertz CT molecular complexity index is 399. The van der Waals surface area contributed by atoms with Crippen LogP contribution in [-0.2, 0) is 0 Å². The Labute approximate surface area is 110 Å². The highest BCUT2D eigenvalue weighted by molar-refractivity contribution is 5.60. The average molecular weight is 248 g/mol. The molecule has 3 heteroatoms. The van der Waals surface area contributed by atoms with E-state index >= 15 is 0 Å². The van der Waals surface area contributed by atoms with Crippen molar-refractivity contribution in [3.8, 4) is 5.75 Å². The van der Waals surface area contributed by atoms with Gasteiger partial charge in [-0.05, 0) is 44.7 Å². The summed E-state index contributed by atoms with van der Waals surface area (Å²) in [4.78, 5) is 2.43. The van der Waals surface area contributed by atoms with E-state index in [2.05, 4.69) is 24.0 Å². The molecule has 1 aliphatic carbocycles. The summed E-state index contributed by atoms with van der Waals surface area (Å²) in [6.07, 6.45) is 2.74. The van der Waals surface area contributed by atoms with Crippen LogP contribution in [0.1, 0.15) is 38.3 Å². The number of hydrogen-bond acceptors (Lipinski definition) is 3. The molecule has 1 fully saturated rings. The number of anilines is 1. The van der Waals surface area contributed by atoms with Gasteiger partial charge in [-0.15, -0.1) is 0 Å². The first-order valence-electron chi connectivity index (χ1n) is 6.84. The van der Waals surface area contributed by atoms with E-state index in [0.29, 0.717) is 0 Å². The molecule has 0 bridgehead atoms. The molecule has 1 aromatic carbocycles. The van der Waals surface area contributed by atoms with E-state index in [1.54, 1.807) is 7.11 Å². The van der Waals surface area contributed by atoms with Gasteiger partial charge in [-0.1, -0.05) is 6.07 Å². The second-order valence-electron chi connectivity index (χ2n) is 5.16. The molecule has 2 rings (SSSR count). The Hall–Kier alpha value is -1.22. The number of hydrogen-bond donors (Lipinski definition) is 1. The summed E-state index contributed by atoms with van der Waals surface area (Å²) in [5.41, 5.74) is 8.49. The lowest BCUT2D eigenvalue weighted by Crippen LogP contribution is -2.27. The van der Waals surface area contributed by atoms with Crippen molar-refractivity contribution in [3.05, 3.63) is 23.8 Å². The maximum absolute atomic E-state index is 6.12. The van der Waals surface area contributed by atoms with Crippen LogP contribution in [0.4, 0.5) is 5.69 Å². The number of benzene rings is 1. The van der Waals surface area contributed by atoms with E-state index in [9.17, 15) is 0 Å². The van der Waals surface area contributed by atoms with Crippen molar-refractivity contribution in [2.45, 2.75) is 32.7 Å². The van der Waals surface area contributed by atoms with Gasteiger partial charge in [-0.3, -0.25) is 0 Å². The SMILES string of the molecule is CCN(CC1CC1)c1cccc(OC)c1C(C)N. The number of methoxy groups -OCH3 is 1. The third-order valence-corrected chi connectivity index (χ3v) is 3.62. The predicted octanol–water partition coefficient (Wildman–Crippen LogP) is 2.95. The molecular formula is C15H24N2O. The molecule has 0 aromatic heterocycles. The topological polar surface area (TPSA) is 38.5 Å². The lowest BCUT2D eigenvalue weighted by molar-refractivity contribution is 0.407. The van der Waals surface area contributed by atoms with Crippen LogP contribution in [0.5, 0.6) is 5.75 Å². The van der Waals surface area contributed by atoms with Crippen molar-refractivity contribution in [2.75, 3.05) is 25.1 Å². The first-order valence-corrected chi connectivity index (χ1v) is 6.84. The summed E-state index contributed by atoms with van der Waals surface area (Å²) in [5, 5.41) is 0. The molecule has 1 aliphatic rings. The standard InChI is InChI=1S/C15H24N2O/c1-4-17(10-12-8-9-12)13-6-5-7-14(18-3)15(13)11(2)16/h5-7,11-12H,4,8-10,16H2,1-3H3. The van der Waals surface area contributed by atoms with Gasteiger partial charge in [-0.25, -0.2) is 0 Å². The minimum atomic E-state index is -0.00981. The van der Waals surface area contributed by atoms with Crippen molar-refractivity contribution in [3.63, 3.8) is 0 Å². The number of nitrogens with two attached hydrogens (primary N) is 1. The molecule has 0 spiro atoms. The highest BCUT2D eigenvalue weighted by Crippen LogP contribution is 2.36. The van der Waals surface area contributed by atoms with E-state index in [1.807, 2.05) is 13.0 Å². The second-order valence-corrected chi connectivity index (χ2v) is 5.16. The van der Waals surface area contributed by atoms with Crippen molar-refractivity contribution in [1.29, 1.82) is 0 Å². The molecule has 3 nitrogen and oxygen atoms in total. The molecular weight excluding hydrogens is 224 g/mol. The molecule has 0 saturated heterocycles. The molecule has 1 saturated carbocycles. The average Bonchev–Trinajstić information content (AvgIpc) is 3.18. The Morgan fingerprint density at radius 1 is 1.44 bits per heavy atom. The normalized spacial score (nSPS) is 16.4. The van der Waals surface area contributed by atoms with E-state index in [1.165, 1.54) is 18.5 Å². The summed E-state index contributed by atoms with van der Waals surface area (Å²) in [7, 11) is 1.71. The first-order chi connectivity index (χ1) is 8.67. The van der Waals surface area contributed by atoms with Crippen LogP contribution in [-0.4, -0.2) is 20.2 Å². The molecule has 2 N–H and O–H groups in total. The molecule has 0 aliphatic heterocycles. The third kappa shape index (κ3) is 2.78. The van der Waals surface area contributed by atoms with Gasteiger partial charge < -0.3 is 15.4 Å². The summed E-state index contributed by atoms with van der Waals surface area (Å²) in [6, 6.07) is 6.19. The van der Waals surface area contributed by atoms with E-state index in [0.717, 1.165) is 30.3 Å². The predicted molar refractivity (Wildman–Crippen MR) is 76.2 cm³/mol. The van der Waals surface area contributed by atoms with Gasteiger partial charge in [0.2, 0.25) is 0 Å². The van der Waals surface area contributed by atoms with Crippen LogP contribution in [0.2, 0.25) is 0 Å². The van der Waals surface area contributed by atoms with Crippen molar-refractivity contribution in [1.82, 2.24) is 0 Å². The van der Waals surface area contributed by atoms with Gasteiger partial charge in [0.1, 0.15) is 5.75 Å². The summed E-state index contributed by atoms with van der Waals surface area (Å²) in [5.74, 6) is 1.77. The van der Waals surface area contributed by atoms with E-state index in [4.69, 9.17) is 10.5 Å². The Morgan fingerprint density at radius 3 is 2.67 bits per heavy atom. The second kappa shape index (κ2) is 5.61. The highest BCUT2D eigenvalue weighted by atomic mass is 16.5. The van der Waals surface area contributed by atoms with Gasteiger partial charge >= 0.3 is 0 Å². The van der Waals surface area contributed by atoms with Crippen molar-refractivity contribution in [2.24, 2.45) is 11.7 Å². The highest BCUT2D eigenvalue weighted by Gasteiger charge is 2.26. The fraction of sp³-hybridized carbons (Fsp3) is 0.600. The zero-order chi connectivity index (χ0) is 13.1. The lowest BCUT2D eigenvalue weighted by Gasteiger charge is -2.28. The van der Waals surface area contributed by atoms with E-state index < -0.39 is 0 Å². The van der Waals surface area contributed by atoms with E-state index in [-0.39, 0.29) is 6.04 Å². The minimum absolute atomic E-state index is 0.00981. The summed E-state index contributed by atoms with van der Waals surface area (Å²) in [6.45, 7) is 6.38. The fourth-order valence-electron chi connectivity index (χ4n) is 2.45. The van der Waals surface area contributed by atoms with Crippen molar-refractivity contribution >= 4 is 5.69 Å². The Morgan fingerprint density at radius 2 is 2.17 bits per heavy atom. The van der Waals surface area contributed by atoms with Crippen LogP contribution in [0.15, 0.2) is 18.2 Å². The molecule has 100 valence electrons. The molecule has 0 amide bonds. The van der Waals surface area contributed by atoms with Crippen LogP contribution in [0, 0.1) is 5.92 Å². The quantitative estimate of drug-likeness (QED) is 0.841. The van der Waals surface area contributed by atoms with Gasteiger partial charge in [0.25, 0.3) is 0 Å². The maximum atomic E-state index is 6.12. The molecule has 1 unspecified atom stereocenters. The maximum Gasteiger partial charge on any atom is 0.125 e. The number of ether oxygens (including phenoxy) is 1. The lowest BCUT2D eigenvalue weighted by atomic mass is 10.0. The van der Waals surface area contributed by atoms with Gasteiger partial charge in [-0.2, -0.15) is 0 Å². The van der Waals surface area contributed by atoms with Gasteiger partial charge in [0.15, 0.2) is 0 Å². The largest absolute Gasteiger partial charge is 0.496 e. The van der Waals surface area contributed by atoms with Gasteiger partial charge in [0.05, 0.1) is 7.11 Å². The Kier molecular flexibility index (Phi) is 4.12. The molecule has 0 radical (unpaired) electrons. The van der Waals surface area contributed by atoms with Crippen molar-refractivity contribution < 1.29 is 4.74 Å². The first kappa shape index (κ1) is 13.2. The van der Waals surface area contributed by atoms with Crippen LogP contribution in [0.3, 0.4) is 0 Å². The minimum Gasteiger partial charge on any atom is -0.496 e. The zero-order valence-electron chi connectivity index (χ0n) is 11.6.